The van der Waals surface area contributed by atoms with Gasteiger partial charge in [0.2, 0.25) is 0 Å². The fourth-order valence-electron chi connectivity index (χ4n) is 4.01. The SMILES string of the molecule is CCCCC(C)(C)OC(=O)C1CCC2OOC2C1C(=O)OC(C)(C)CCCC. The summed E-state index contributed by atoms with van der Waals surface area (Å²) in [6.45, 7) is 11.9. The quantitative estimate of drug-likeness (QED) is 0.391. The molecule has 4 atom stereocenters. The van der Waals surface area contributed by atoms with Crippen LogP contribution in [0.3, 0.4) is 0 Å². The van der Waals surface area contributed by atoms with Gasteiger partial charge in [0.15, 0.2) is 0 Å². The Kier molecular flexibility index (Phi) is 7.91. The van der Waals surface area contributed by atoms with E-state index in [-0.39, 0.29) is 18.0 Å². The van der Waals surface area contributed by atoms with Crippen LogP contribution in [0.5, 0.6) is 0 Å². The molecule has 0 aromatic rings. The van der Waals surface area contributed by atoms with E-state index >= 15 is 0 Å². The third-order valence-electron chi connectivity index (χ3n) is 5.80. The average Bonchev–Trinajstić information content (AvgIpc) is 2.57. The summed E-state index contributed by atoms with van der Waals surface area (Å²) in [7, 11) is 0. The van der Waals surface area contributed by atoms with Gasteiger partial charge < -0.3 is 9.47 Å². The molecule has 162 valence electrons. The molecule has 0 aromatic heterocycles. The Morgan fingerprint density at radius 2 is 1.39 bits per heavy atom. The van der Waals surface area contributed by atoms with Crippen LogP contribution in [-0.2, 0) is 28.8 Å². The standard InChI is InChI=1S/C22H38O6/c1-7-9-13-21(3,4)25-19(23)15-11-12-16-18(28-27-16)17(15)20(24)26-22(5,6)14-10-8-2/h15-18H,7-14H2,1-6H3. The zero-order valence-corrected chi connectivity index (χ0v) is 18.4. The van der Waals surface area contributed by atoms with Gasteiger partial charge in [0.05, 0.1) is 5.92 Å². The van der Waals surface area contributed by atoms with Crippen LogP contribution in [-0.4, -0.2) is 35.3 Å². The molecule has 2 aliphatic rings. The van der Waals surface area contributed by atoms with Crippen molar-refractivity contribution in [2.75, 3.05) is 0 Å². The van der Waals surface area contributed by atoms with Crippen molar-refractivity contribution in [2.24, 2.45) is 11.8 Å². The van der Waals surface area contributed by atoms with Gasteiger partial charge in [0, 0.05) is 0 Å². The molecule has 28 heavy (non-hydrogen) atoms. The van der Waals surface area contributed by atoms with Crippen molar-refractivity contribution in [1.82, 2.24) is 0 Å². The summed E-state index contributed by atoms with van der Waals surface area (Å²) >= 11 is 0. The molecule has 1 heterocycles. The molecule has 6 heteroatoms. The largest absolute Gasteiger partial charge is 0.459 e. The normalized spacial score (nSPS) is 27.5. The summed E-state index contributed by atoms with van der Waals surface area (Å²) < 4.78 is 11.6. The average molecular weight is 399 g/mol. The summed E-state index contributed by atoms with van der Waals surface area (Å²) in [6, 6.07) is 0. The molecule has 0 bridgehead atoms. The van der Waals surface area contributed by atoms with Crippen LogP contribution in [0.25, 0.3) is 0 Å². The second-order valence-electron chi connectivity index (χ2n) is 9.47. The van der Waals surface area contributed by atoms with E-state index in [4.69, 9.17) is 19.2 Å². The molecular formula is C22H38O6. The van der Waals surface area contributed by atoms with Crippen LogP contribution in [0.1, 0.15) is 92.9 Å². The van der Waals surface area contributed by atoms with Crippen LogP contribution in [0.2, 0.25) is 0 Å². The molecular weight excluding hydrogens is 360 g/mol. The predicted molar refractivity (Wildman–Crippen MR) is 105 cm³/mol. The number of unbranched alkanes of at least 4 members (excludes halogenated alkanes) is 2. The fourth-order valence-corrected chi connectivity index (χ4v) is 4.01. The molecule has 2 rings (SSSR count). The Labute approximate surface area is 169 Å². The minimum absolute atomic E-state index is 0.145. The number of carbonyl (C=O) groups excluding carboxylic acids is 2. The number of hydrogen-bond acceptors (Lipinski definition) is 6. The van der Waals surface area contributed by atoms with Crippen LogP contribution < -0.4 is 0 Å². The van der Waals surface area contributed by atoms with E-state index in [1.807, 2.05) is 27.7 Å². The summed E-state index contributed by atoms with van der Waals surface area (Å²) in [5.74, 6) is -1.95. The Balaban J connectivity index is 2.09. The zero-order valence-electron chi connectivity index (χ0n) is 18.4. The minimum Gasteiger partial charge on any atom is -0.459 e. The zero-order chi connectivity index (χ0) is 20.9. The molecule has 1 saturated heterocycles. The summed E-state index contributed by atoms with van der Waals surface area (Å²) in [5, 5.41) is 0. The monoisotopic (exact) mass is 398 g/mol. The van der Waals surface area contributed by atoms with Crippen molar-refractivity contribution < 1.29 is 28.8 Å². The molecule has 0 aromatic carbocycles. The van der Waals surface area contributed by atoms with Crippen molar-refractivity contribution in [2.45, 2.75) is 116 Å². The van der Waals surface area contributed by atoms with Crippen molar-refractivity contribution >= 4 is 11.9 Å². The van der Waals surface area contributed by atoms with Crippen LogP contribution in [0.15, 0.2) is 0 Å². The van der Waals surface area contributed by atoms with E-state index in [1.165, 1.54) is 0 Å². The number of fused-ring (bicyclic) bond motifs is 1. The molecule has 1 saturated carbocycles. The van der Waals surface area contributed by atoms with Gasteiger partial charge in [-0.05, 0) is 66.2 Å². The van der Waals surface area contributed by atoms with E-state index in [0.29, 0.717) is 12.8 Å². The third kappa shape index (κ3) is 5.93. The lowest BCUT2D eigenvalue weighted by Crippen LogP contribution is -2.58. The van der Waals surface area contributed by atoms with E-state index in [1.54, 1.807) is 0 Å². The second-order valence-corrected chi connectivity index (χ2v) is 9.47. The Hall–Kier alpha value is -1.14. The maximum absolute atomic E-state index is 13.1. The van der Waals surface area contributed by atoms with Gasteiger partial charge in [-0.1, -0.05) is 26.7 Å². The smallest absolute Gasteiger partial charge is 0.313 e. The van der Waals surface area contributed by atoms with Crippen molar-refractivity contribution in [3.05, 3.63) is 0 Å². The van der Waals surface area contributed by atoms with Gasteiger partial charge in [-0.25, -0.2) is 9.78 Å². The van der Waals surface area contributed by atoms with Crippen molar-refractivity contribution in [3.63, 3.8) is 0 Å². The molecule has 0 amide bonds. The van der Waals surface area contributed by atoms with Crippen molar-refractivity contribution in [3.8, 4) is 0 Å². The summed E-state index contributed by atoms with van der Waals surface area (Å²) in [6.07, 6.45) is 6.28. The highest BCUT2D eigenvalue weighted by molar-refractivity contribution is 5.83. The van der Waals surface area contributed by atoms with Crippen molar-refractivity contribution in [1.29, 1.82) is 0 Å². The third-order valence-corrected chi connectivity index (χ3v) is 5.80. The van der Waals surface area contributed by atoms with E-state index in [2.05, 4.69) is 13.8 Å². The Morgan fingerprint density at radius 3 is 1.86 bits per heavy atom. The highest BCUT2D eigenvalue weighted by atomic mass is 17.2. The first-order chi connectivity index (χ1) is 13.1. The molecule has 1 aliphatic carbocycles. The molecule has 0 radical (unpaired) electrons. The van der Waals surface area contributed by atoms with Gasteiger partial charge in [0.1, 0.15) is 29.3 Å². The van der Waals surface area contributed by atoms with Gasteiger partial charge in [-0.3, -0.25) is 9.59 Å². The highest BCUT2D eigenvalue weighted by Gasteiger charge is 2.55. The first kappa shape index (κ1) is 23.1. The summed E-state index contributed by atoms with van der Waals surface area (Å²) in [5.41, 5.74) is -1.12. The van der Waals surface area contributed by atoms with Gasteiger partial charge in [0.25, 0.3) is 0 Å². The van der Waals surface area contributed by atoms with Crippen LogP contribution in [0, 0.1) is 11.8 Å². The Bertz CT molecular complexity index is 541. The first-order valence-electron chi connectivity index (χ1n) is 10.9. The van der Waals surface area contributed by atoms with Gasteiger partial charge in [-0.2, -0.15) is 0 Å². The van der Waals surface area contributed by atoms with E-state index in [0.717, 1.165) is 38.5 Å². The molecule has 4 unspecified atom stereocenters. The number of carbonyl (C=O) groups is 2. The topological polar surface area (TPSA) is 71.1 Å². The number of ether oxygens (including phenoxy) is 2. The first-order valence-corrected chi connectivity index (χ1v) is 10.9. The highest BCUT2D eigenvalue weighted by Crippen LogP contribution is 2.42. The molecule has 6 nitrogen and oxygen atoms in total. The number of hydrogen-bond donors (Lipinski definition) is 0. The minimum atomic E-state index is -0.678. The molecule has 0 N–H and O–H groups in total. The summed E-state index contributed by atoms with van der Waals surface area (Å²) in [4.78, 5) is 36.4. The second kappa shape index (κ2) is 9.57. The molecule has 2 fully saturated rings. The van der Waals surface area contributed by atoms with Crippen LogP contribution >= 0.6 is 0 Å². The van der Waals surface area contributed by atoms with Gasteiger partial charge >= 0.3 is 11.9 Å². The number of esters is 2. The fraction of sp³-hybridized carbons (Fsp3) is 0.909. The molecule has 0 spiro atoms. The van der Waals surface area contributed by atoms with E-state index in [9.17, 15) is 9.59 Å². The predicted octanol–water partition coefficient (Wildman–Crippen LogP) is 4.74. The lowest BCUT2D eigenvalue weighted by molar-refractivity contribution is -0.481. The lowest BCUT2D eigenvalue weighted by Gasteiger charge is -2.46. The Morgan fingerprint density at radius 1 is 0.857 bits per heavy atom. The molecule has 1 aliphatic heterocycles. The van der Waals surface area contributed by atoms with Gasteiger partial charge in [-0.15, -0.1) is 0 Å². The van der Waals surface area contributed by atoms with E-state index < -0.39 is 29.1 Å². The van der Waals surface area contributed by atoms with Crippen LogP contribution in [0.4, 0.5) is 0 Å². The maximum atomic E-state index is 13.1. The lowest BCUT2D eigenvalue weighted by atomic mass is 9.74. The number of rotatable bonds is 10. The maximum Gasteiger partial charge on any atom is 0.313 e.